The minimum absolute atomic E-state index is 0.0394. The SMILES string of the molecule is CC.CC=O.CCNC(C)=O. The second-order valence-corrected chi connectivity index (χ2v) is 1.32. The van der Waals surface area contributed by atoms with Crippen LogP contribution < -0.4 is 5.32 Å². The van der Waals surface area contributed by atoms with Gasteiger partial charge in [0.2, 0.25) is 5.91 Å². The summed E-state index contributed by atoms with van der Waals surface area (Å²) in [5.74, 6) is 0.0394. The summed E-state index contributed by atoms with van der Waals surface area (Å²) in [5, 5.41) is 2.57. The molecule has 0 rings (SSSR count). The monoisotopic (exact) mass is 161 g/mol. The quantitative estimate of drug-likeness (QED) is 0.590. The van der Waals surface area contributed by atoms with Crippen LogP contribution in [0.4, 0.5) is 0 Å². The zero-order valence-corrected chi connectivity index (χ0v) is 8.10. The highest BCUT2D eigenvalue weighted by Crippen LogP contribution is 1.54. The number of hydrogen-bond donors (Lipinski definition) is 1. The van der Waals surface area contributed by atoms with Gasteiger partial charge in [0.25, 0.3) is 0 Å². The highest BCUT2D eigenvalue weighted by molar-refractivity contribution is 5.72. The van der Waals surface area contributed by atoms with Crippen LogP contribution in [0.2, 0.25) is 0 Å². The van der Waals surface area contributed by atoms with Crippen molar-refractivity contribution in [2.24, 2.45) is 0 Å². The average Bonchev–Trinajstić information content (AvgIpc) is 1.93. The summed E-state index contributed by atoms with van der Waals surface area (Å²) in [6.07, 6.45) is 0.750. The molecule has 3 heteroatoms. The first-order chi connectivity index (χ1) is 5.18. The molecule has 0 unspecified atom stereocenters. The fraction of sp³-hybridized carbons (Fsp3) is 0.750. The van der Waals surface area contributed by atoms with Crippen molar-refractivity contribution < 1.29 is 9.59 Å². The van der Waals surface area contributed by atoms with Crippen molar-refractivity contribution in [3.8, 4) is 0 Å². The molecule has 0 aliphatic carbocycles. The maximum atomic E-state index is 9.93. The van der Waals surface area contributed by atoms with Gasteiger partial charge >= 0.3 is 0 Å². The van der Waals surface area contributed by atoms with Crippen LogP contribution in [0.15, 0.2) is 0 Å². The van der Waals surface area contributed by atoms with Crippen molar-refractivity contribution >= 4 is 12.2 Å². The number of amides is 1. The molecule has 0 radical (unpaired) electrons. The molecule has 11 heavy (non-hydrogen) atoms. The molecule has 0 saturated carbocycles. The van der Waals surface area contributed by atoms with Gasteiger partial charge < -0.3 is 10.1 Å². The van der Waals surface area contributed by atoms with Crippen LogP contribution in [0, 0.1) is 0 Å². The molecule has 0 fully saturated rings. The maximum Gasteiger partial charge on any atom is 0.216 e. The normalized spacial score (nSPS) is 5.91. The zero-order valence-electron chi connectivity index (χ0n) is 8.10. The average molecular weight is 161 g/mol. The summed E-state index contributed by atoms with van der Waals surface area (Å²) in [6, 6.07) is 0. The zero-order chi connectivity index (χ0) is 9.70. The van der Waals surface area contributed by atoms with E-state index in [9.17, 15) is 4.79 Å². The van der Waals surface area contributed by atoms with E-state index < -0.39 is 0 Å². The predicted molar refractivity (Wildman–Crippen MR) is 47.4 cm³/mol. The van der Waals surface area contributed by atoms with Gasteiger partial charge in [-0.3, -0.25) is 4.79 Å². The van der Waals surface area contributed by atoms with Gasteiger partial charge in [-0.1, -0.05) is 13.8 Å². The Balaban J connectivity index is -0.000000109. The van der Waals surface area contributed by atoms with E-state index in [-0.39, 0.29) is 5.91 Å². The third-order valence-electron chi connectivity index (χ3n) is 0.426. The Bertz CT molecular complexity index is 82.2. The molecule has 68 valence electrons. The van der Waals surface area contributed by atoms with Crippen LogP contribution in [-0.2, 0) is 9.59 Å². The van der Waals surface area contributed by atoms with E-state index in [0.29, 0.717) is 0 Å². The van der Waals surface area contributed by atoms with E-state index in [1.54, 1.807) is 0 Å². The molecule has 0 atom stereocenters. The first-order valence-corrected chi connectivity index (χ1v) is 3.83. The molecular formula is C8H19NO2. The number of aldehydes is 1. The van der Waals surface area contributed by atoms with E-state index in [1.807, 2.05) is 20.8 Å². The highest BCUT2D eigenvalue weighted by atomic mass is 16.1. The molecule has 0 heterocycles. The van der Waals surface area contributed by atoms with E-state index in [4.69, 9.17) is 4.79 Å². The predicted octanol–water partition coefficient (Wildman–Crippen LogP) is 1.37. The van der Waals surface area contributed by atoms with Gasteiger partial charge in [-0.25, -0.2) is 0 Å². The molecule has 3 nitrogen and oxygen atoms in total. The summed E-state index contributed by atoms with van der Waals surface area (Å²) < 4.78 is 0. The molecule has 0 aromatic carbocycles. The number of rotatable bonds is 1. The number of carbonyl (C=O) groups excluding carboxylic acids is 2. The van der Waals surface area contributed by atoms with Crippen LogP contribution in [0.3, 0.4) is 0 Å². The van der Waals surface area contributed by atoms with Gasteiger partial charge in [0.05, 0.1) is 0 Å². The smallest absolute Gasteiger partial charge is 0.216 e. The molecule has 1 N–H and O–H groups in total. The van der Waals surface area contributed by atoms with Gasteiger partial charge in [-0.2, -0.15) is 0 Å². The molecule has 1 amide bonds. The van der Waals surface area contributed by atoms with Gasteiger partial charge in [-0.15, -0.1) is 0 Å². The number of hydrogen-bond acceptors (Lipinski definition) is 2. The number of nitrogens with one attached hydrogen (secondary N) is 1. The molecule has 0 aromatic rings. The van der Waals surface area contributed by atoms with Crippen molar-refractivity contribution in [1.82, 2.24) is 5.32 Å². The summed E-state index contributed by atoms with van der Waals surface area (Å²) in [5.41, 5.74) is 0. The molecule has 0 aromatic heterocycles. The molecule has 0 aliphatic rings. The highest BCUT2D eigenvalue weighted by Gasteiger charge is 1.78. The minimum atomic E-state index is 0.0394. The Morgan fingerprint density at radius 2 is 1.73 bits per heavy atom. The first kappa shape index (κ1) is 16.6. The van der Waals surface area contributed by atoms with Gasteiger partial charge in [0, 0.05) is 13.5 Å². The largest absolute Gasteiger partial charge is 0.357 e. The Labute approximate surface area is 69.2 Å². The minimum Gasteiger partial charge on any atom is -0.357 e. The maximum absolute atomic E-state index is 9.93. The lowest BCUT2D eigenvalue weighted by Crippen LogP contribution is -2.18. The van der Waals surface area contributed by atoms with Crippen LogP contribution >= 0.6 is 0 Å². The lowest BCUT2D eigenvalue weighted by Gasteiger charge is -1.88. The number of carbonyl (C=O) groups is 2. The van der Waals surface area contributed by atoms with Crippen molar-refractivity contribution in [2.75, 3.05) is 6.54 Å². The molecule has 0 saturated heterocycles. The third kappa shape index (κ3) is 102. The van der Waals surface area contributed by atoms with Gasteiger partial charge in [0.15, 0.2) is 0 Å². The molecule has 0 bridgehead atoms. The summed E-state index contributed by atoms with van der Waals surface area (Å²) in [4.78, 5) is 18.7. The lowest BCUT2D eigenvalue weighted by molar-refractivity contribution is -0.118. The van der Waals surface area contributed by atoms with E-state index in [2.05, 4.69) is 5.32 Å². The van der Waals surface area contributed by atoms with Crippen molar-refractivity contribution in [2.45, 2.75) is 34.6 Å². The van der Waals surface area contributed by atoms with Crippen LogP contribution in [-0.4, -0.2) is 18.7 Å². The Hall–Kier alpha value is -0.860. The Morgan fingerprint density at radius 1 is 1.45 bits per heavy atom. The first-order valence-electron chi connectivity index (χ1n) is 3.83. The van der Waals surface area contributed by atoms with Crippen LogP contribution in [0.5, 0.6) is 0 Å². The molecular weight excluding hydrogens is 142 g/mol. The summed E-state index contributed by atoms with van der Waals surface area (Å²) >= 11 is 0. The van der Waals surface area contributed by atoms with Crippen molar-refractivity contribution in [3.63, 3.8) is 0 Å². The van der Waals surface area contributed by atoms with E-state index >= 15 is 0 Å². The van der Waals surface area contributed by atoms with E-state index in [1.165, 1.54) is 13.8 Å². The third-order valence-corrected chi connectivity index (χ3v) is 0.426. The lowest BCUT2D eigenvalue weighted by atomic mass is 10.6. The van der Waals surface area contributed by atoms with Crippen molar-refractivity contribution in [3.05, 3.63) is 0 Å². The van der Waals surface area contributed by atoms with Gasteiger partial charge in [-0.05, 0) is 13.8 Å². The second kappa shape index (κ2) is 22.9. The fourth-order valence-corrected chi connectivity index (χ4v) is 0.249. The second-order valence-electron chi connectivity index (χ2n) is 1.32. The summed E-state index contributed by atoms with van der Waals surface area (Å²) in [6.45, 7) is 9.57. The molecule has 0 aliphatic heterocycles. The van der Waals surface area contributed by atoms with Crippen LogP contribution in [0.25, 0.3) is 0 Å². The van der Waals surface area contributed by atoms with E-state index in [0.717, 1.165) is 12.8 Å². The molecule has 0 spiro atoms. The van der Waals surface area contributed by atoms with Gasteiger partial charge in [0.1, 0.15) is 6.29 Å². The summed E-state index contributed by atoms with van der Waals surface area (Å²) in [7, 11) is 0. The van der Waals surface area contributed by atoms with Crippen molar-refractivity contribution in [1.29, 1.82) is 0 Å². The van der Waals surface area contributed by atoms with Crippen LogP contribution in [0.1, 0.15) is 34.6 Å². The topological polar surface area (TPSA) is 46.2 Å². The standard InChI is InChI=1S/C4H9NO.C2H4O.C2H6/c1-3-5-4(2)6;1-2-3;1-2/h3H2,1-2H3,(H,5,6);2H,1H3;1-2H3. The Morgan fingerprint density at radius 3 is 1.73 bits per heavy atom. The Kier molecular flexibility index (Phi) is 34.6. The fourth-order valence-electron chi connectivity index (χ4n) is 0.249.